The van der Waals surface area contributed by atoms with E-state index < -0.39 is 5.97 Å². The molecule has 0 fully saturated rings. The summed E-state index contributed by atoms with van der Waals surface area (Å²) in [6.45, 7) is 0.713. The second-order valence-electron chi connectivity index (χ2n) is 6.80. The van der Waals surface area contributed by atoms with Crippen LogP contribution in [0, 0.1) is 0 Å². The molecule has 1 aromatic heterocycles. The minimum Gasteiger partial charge on any atom is -0.481 e. The first kappa shape index (κ1) is 20.0. The van der Waals surface area contributed by atoms with Gasteiger partial charge >= 0.3 is 5.97 Å². The van der Waals surface area contributed by atoms with Crippen molar-refractivity contribution in [2.24, 2.45) is 5.73 Å². The lowest BCUT2D eigenvalue weighted by atomic mass is 10.0. The van der Waals surface area contributed by atoms with Crippen molar-refractivity contribution in [3.8, 4) is 0 Å². The van der Waals surface area contributed by atoms with E-state index in [9.17, 15) is 9.59 Å². The van der Waals surface area contributed by atoms with Crippen molar-refractivity contribution < 1.29 is 14.7 Å². The molecule has 1 amide bonds. The highest BCUT2D eigenvalue weighted by molar-refractivity contribution is 7.98. The Labute approximate surface area is 168 Å². The molecular weight excluding hydrogens is 372 g/mol. The lowest BCUT2D eigenvalue weighted by Crippen LogP contribution is -2.14. The van der Waals surface area contributed by atoms with E-state index in [1.54, 1.807) is 11.8 Å². The van der Waals surface area contributed by atoms with E-state index in [2.05, 4.69) is 28.8 Å². The summed E-state index contributed by atoms with van der Waals surface area (Å²) in [5.41, 5.74) is 9.80. The Morgan fingerprint density at radius 3 is 2.50 bits per heavy atom. The van der Waals surface area contributed by atoms with Gasteiger partial charge in [0.15, 0.2) is 0 Å². The number of thioether (sulfide) groups is 1. The van der Waals surface area contributed by atoms with Crippen molar-refractivity contribution in [2.75, 3.05) is 6.26 Å². The first-order valence-electron chi connectivity index (χ1n) is 9.21. The van der Waals surface area contributed by atoms with Crippen LogP contribution in [0.3, 0.4) is 0 Å². The van der Waals surface area contributed by atoms with E-state index in [1.807, 2.05) is 30.5 Å². The number of nitrogens with zero attached hydrogens (tertiary/aromatic N) is 1. The summed E-state index contributed by atoms with van der Waals surface area (Å²) in [5.74, 6) is -1.14. The van der Waals surface area contributed by atoms with Crippen molar-refractivity contribution in [1.29, 1.82) is 0 Å². The molecule has 0 aliphatic carbocycles. The van der Waals surface area contributed by atoms with Gasteiger partial charge < -0.3 is 15.4 Å². The van der Waals surface area contributed by atoms with E-state index >= 15 is 0 Å². The molecule has 146 valence electrons. The number of hydrogen-bond acceptors (Lipinski definition) is 3. The SMILES string of the molecule is CSc1c(CC(N)=O)c2cc(CCCC(=O)O)ccc2n1Cc1ccccc1. The number of primary amides is 1. The number of aryl methyl sites for hydroxylation is 1. The number of amides is 1. The van der Waals surface area contributed by atoms with E-state index in [0.717, 1.165) is 27.1 Å². The van der Waals surface area contributed by atoms with Gasteiger partial charge in [-0.2, -0.15) is 0 Å². The van der Waals surface area contributed by atoms with Crippen LogP contribution in [0.5, 0.6) is 0 Å². The van der Waals surface area contributed by atoms with Crippen LogP contribution in [-0.4, -0.2) is 27.8 Å². The fourth-order valence-electron chi connectivity index (χ4n) is 3.55. The Balaban J connectivity index is 2.05. The summed E-state index contributed by atoms with van der Waals surface area (Å²) >= 11 is 1.61. The molecule has 28 heavy (non-hydrogen) atoms. The molecule has 5 nitrogen and oxygen atoms in total. The number of benzene rings is 2. The lowest BCUT2D eigenvalue weighted by molar-refractivity contribution is -0.137. The second kappa shape index (κ2) is 8.97. The van der Waals surface area contributed by atoms with E-state index in [4.69, 9.17) is 10.8 Å². The predicted molar refractivity (Wildman–Crippen MR) is 113 cm³/mol. The maximum absolute atomic E-state index is 11.7. The molecule has 0 unspecified atom stereocenters. The maximum atomic E-state index is 11.7. The molecule has 0 aliphatic rings. The molecule has 0 bridgehead atoms. The molecule has 6 heteroatoms. The van der Waals surface area contributed by atoms with Crippen LogP contribution >= 0.6 is 11.8 Å². The molecule has 0 aliphatic heterocycles. The summed E-state index contributed by atoms with van der Waals surface area (Å²) in [7, 11) is 0. The zero-order valence-corrected chi connectivity index (χ0v) is 16.7. The summed E-state index contributed by atoms with van der Waals surface area (Å²) in [4.78, 5) is 22.5. The lowest BCUT2D eigenvalue weighted by Gasteiger charge is -2.10. The third kappa shape index (κ3) is 4.57. The van der Waals surface area contributed by atoms with Crippen molar-refractivity contribution in [3.05, 3.63) is 65.2 Å². The van der Waals surface area contributed by atoms with Crippen molar-refractivity contribution in [1.82, 2.24) is 4.57 Å². The number of fused-ring (bicyclic) bond motifs is 1. The standard InChI is InChI=1S/C22H24N2O3S/c1-28-22-18(13-20(23)25)17-12-15(8-5-9-21(26)27)10-11-19(17)24(22)14-16-6-3-2-4-7-16/h2-4,6-7,10-12H,5,8-9,13-14H2,1H3,(H2,23,25)(H,26,27). The second-order valence-corrected chi connectivity index (χ2v) is 7.60. The molecule has 3 N–H and O–H groups in total. The Hall–Kier alpha value is -2.73. The molecule has 0 spiro atoms. The summed E-state index contributed by atoms with van der Waals surface area (Å²) in [5, 5.41) is 10.9. The Morgan fingerprint density at radius 1 is 1.11 bits per heavy atom. The van der Waals surface area contributed by atoms with Gasteiger partial charge in [-0.3, -0.25) is 9.59 Å². The van der Waals surface area contributed by atoms with E-state index in [1.165, 1.54) is 5.56 Å². The monoisotopic (exact) mass is 396 g/mol. The smallest absolute Gasteiger partial charge is 0.303 e. The first-order valence-corrected chi connectivity index (χ1v) is 10.4. The van der Waals surface area contributed by atoms with Gasteiger partial charge in [-0.15, -0.1) is 11.8 Å². The number of nitrogens with two attached hydrogens (primary N) is 1. The summed E-state index contributed by atoms with van der Waals surface area (Å²) < 4.78 is 2.23. The quantitative estimate of drug-likeness (QED) is 0.538. The minimum atomic E-state index is -0.783. The number of aliphatic carboxylic acids is 1. The largest absolute Gasteiger partial charge is 0.481 e. The molecular formula is C22H24N2O3S. The minimum absolute atomic E-state index is 0.150. The number of rotatable bonds is 9. The van der Waals surface area contributed by atoms with Crippen molar-refractivity contribution in [3.63, 3.8) is 0 Å². The third-order valence-electron chi connectivity index (χ3n) is 4.76. The summed E-state index contributed by atoms with van der Waals surface area (Å²) in [6, 6.07) is 16.4. The fourth-order valence-corrected chi connectivity index (χ4v) is 4.36. The molecule has 3 rings (SSSR count). The van der Waals surface area contributed by atoms with E-state index in [0.29, 0.717) is 19.4 Å². The molecule has 0 atom stereocenters. The Morgan fingerprint density at radius 2 is 1.86 bits per heavy atom. The number of carbonyl (C=O) groups excluding carboxylic acids is 1. The van der Waals surface area contributed by atoms with Gasteiger partial charge in [0.25, 0.3) is 0 Å². The molecule has 2 aromatic carbocycles. The number of hydrogen-bond donors (Lipinski definition) is 2. The van der Waals surface area contributed by atoms with Crippen molar-refractivity contribution >= 4 is 34.5 Å². The van der Waals surface area contributed by atoms with Gasteiger partial charge in [0.2, 0.25) is 5.91 Å². The topological polar surface area (TPSA) is 85.3 Å². The Bertz CT molecular complexity index is 996. The zero-order valence-electron chi connectivity index (χ0n) is 15.9. The maximum Gasteiger partial charge on any atom is 0.303 e. The van der Waals surface area contributed by atoms with Gasteiger partial charge in [-0.25, -0.2) is 0 Å². The van der Waals surface area contributed by atoms with Crippen LogP contribution < -0.4 is 5.73 Å². The number of carboxylic acid groups (broad SMARTS) is 1. The molecule has 3 aromatic rings. The number of aromatic nitrogens is 1. The average molecular weight is 397 g/mol. The van der Waals surface area contributed by atoms with Crippen LogP contribution in [-0.2, 0) is 29.0 Å². The number of carbonyl (C=O) groups is 2. The van der Waals surface area contributed by atoms with Gasteiger partial charge in [0.1, 0.15) is 0 Å². The highest BCUT2D eigenvalue weighted by atomic mass is 32.2. The highest BCUT2D eigenvalue weighted by Gasteiger charge is 2.19. The fraction of sp³-hybridized carbons (Fsp3) is 0.273. The number of carboxylic acids is 1. The van der Waals surface area contributed by atoms with E-state index in [-0.39, 0.29) is 18.7 Å². The molecule has 0 saturated heterocycles. The van der Waals surface area contributed by atoms with Gasteiger partial charge in [0.05, 0.1) is 11.4 Å². The van der Waals surface area contributed by atoms with Gasteiger partial charge in [-0.05, 0) is 42.4 Å². The highest BCUT2D eigenvalue weighted by Crippen LogP contribution is 2.34. The van der Waals surface area contributed by atoms with Crippen LogP contribution in [0.2, 0.25) is 0 Å². The van der Waals surface area contributed by atoms with Gasteiger partial charge in [-0.1, -0.05) is 36.4 Å². The van der Waals surface area contributed by atoms with Crippen LogP contribution in [0.4, 0.5) is 0 Å². The Kier molecular flexibility index (Phi) is 6.41. The van der Waals surface area contributed by atoms with Gasteiger partial charge in [0, 0.05) is 29.4 Å². The zero-order chi connectivity index (χ0) is 20.1. The molecule has 0 radical (unpaired) electrons. The van der Waals surface area contributed by atoms with Crippen LogP contribution in [0.25, 0.3) is 10.9 Å². The normalized spacial score (nSPS) is 11.0. The summed E-state index contributed by atoms with van der Waals surface area (Å²) in [6.07, 6.45) is 3.63. The van der Waals surface area contributed by atoms with Crippen molar-refractivity contribution in [2.45, 2.75) is 37.3 Å². The molecule has 0 saturated carbocycles. The van der Waals surface area contributed by atoms with Crippen LogP contribution in [0.15, 0.2) is 53.6 Å². The molecule has 1 heterocycles. The van der Waals surface area contributed by atoms with Crippen LogP contribution in [0.1, 0.15) is 29.5 Å². The average Bonchev–Trinajstić information content (AvgIpc) is 2.94. The third-order valence-corrected chi connectivity index (χ3v) is 5.62. The predicted octanol–water partition coefficient (Wildman–Crippen LogP) is 3.85. The first-order chi connectivity index (χ1) is 13.5.